The van der Waals surface area contributed by atoms with E-state index in [2.05, 4.69) is 23.8 Å². The summed E-state index contributed by atoms with van der Waals surface area (Å²) < 4.78 is 6.84. The lowest BCUT2D eigenvalue weighted by Gasteiger charge is -2.14. The molecule has 0 saturated carbocycles. The van der Waals surface area contributed by atoms with E-state index in [-0.39, 0.29) is 5.56 Å². The number of aryl methyl sites for hydroxylation is 1. The highest BCUT2D eigenvalue weighted by Gasteiger charge is 2.15. The van der Waals surface area contributed by atoms with Gasteiger partial charge < -0.3 is 9.84 Å². The van der Waals surface area contributed by atoms with E-state index in [4.69, 9.17) is 4.74 Å². The van der Waals surface area contributed by atoms with Crippen molar-refractivity contribution in [2.45, 2.75) is 52.9 Å². The van der Waals surface area contributed by atoms with Gasteiger partial charge >= 0.3 is 5.69 Å². The van der Waals surface area contributed by atoms with Gasteiger partial charge in [-0.2, -0.15) is 0 Å². The second-order valence-electron chi connectivity index (χ2n) is 7.50. The van der Waals surface area contributed by atoms with E-state index < -0.39 is 17.1 Å². The molecule has 0 bridgehead atoms. The van der Waals surface area contributed by atoms with E-state index in [0.29, 0.717) is 24.8 Å². The summed E-state index contributed by atoms with van der Waals surface area (Å²) in [4.78, 5) is 30.9. The number of unbranched alkanes of at least 4 members (excludes halogenated alkanes) is 1. The van der Waals surface area contributed by atoms with Gasteiger partial charge in [0.15, 0.2) is 0 Å². The molecule has 2 N–H and O–H groups in total. The van der Waals surface area contributed by atoms with Crippen molar-refractivity contribution < 1.29 is 9.84 Å². The molecular formula is C23H33N3O4. The van der Waals surface area contributed by atoms with Gasteiger partial charge in [-0.1, -0.05) is 51.3 Å². The summed E-state index contributed by atoms with van der Waals surface area (Å²) in [7, 11) is 0. The first-order valence-corrected chi connectivity index (χ1v) is 10.7. The second-order valence-corrected chi connectivity index (χ2v) is 7.50. The monoisotopic (exact) mass is 415 g/mol. The maximum Gasteiger partial charge on any atom is 0.335 e. The topological polar surface area (TPSA) is 96.7 Å². The smallest absolute Gasteiger partial charge is 0.335 e. The lowest BCUT2D eigenvalue weighted by Crippen LogP contribution is -2.31. The van der Waals surface area contributed by atoms with Gasteiger partial charge in [0.05, 0.1) is 5.69 Å². The van der Waals surface area contributed by atoms with Crippen LogP contribution in [-0.4, -0.2) is 40.6 Å². The Morgan fingerprint density at radius 3 is 2.70 bits per heavy atom. The zero-order chi connectivity index (χ0) is 21.9. The molecule has 0 aliphatic rings. The lowest BCUT2D eigenvalue weighted by atomic mass is 10.0. The number of aromatic nitrogens is 2. The summed E-state index contributed by atoms with van der Waals surface area (Å²) in [5, 5.41) is 10.6. The Bertz CT molecular complexity index is 946. The molecule has 164 valence electrons. The molecule has 2 rings (SSSR count). The predicted molar refractivity (Wildman–Crippen MR) is 120 cm³/mol. The van der Waals surface area contributed by atoms with Crippen molar-refractivity contribution in [3.05, 3.63) is 56.2 Å². The van der Waals surface area contributed by atoms with Gasteiger partial charge in [-0.25, -0.2) is 9.36 Å². The number of aliphatic imine (C=N–C) groups is 1. The Hall–Kier alpha value is -2.67. The number of benzene rings is 1. The number of H-pyrrole nitrogens is 1. The zero-order valence-electron chi connectivity index (χ0n) is 18.2. The number of rotatable bonds is 12. The fourth-order valence-corrected chi connectivity index (χ4v) is 3.25. The van der Waals surface area contributed by atoms with Crippen LogP contribution < -0.4 is 11.2 Å². The minimum atomic E-state index is -0.689. The van der Waals surface area contributed by atoms with Crippen molar-refractivity contribution in [1.82, 2.24) is 9.55 Å². The maximum atomic E-state index is 12.2. The molecule has 7 nitrogen and oxygen atoms in total. The van der Waals surface area contributed by atoms with E-state index in [0.717, 1.165) is 29.6 Å². The van der Waals surface area contributed by atoms with Crippen molar-refractivity contribution in [3.63, 3.8) is 0 Å². The molecule has 0 aliphatic carbocycles. The number of hydrogen-bond donors (Lipinski definition) is 2. The average Bonchev–Trinajstić information content (AvgIpc) is 2.72. The molecule has 1 heterocycles. The predicted octanol–water partition coefficient (Wildman–Crippen LogP) is 3.58. The van der Waals surface area contributed by atoms with Crippen LogP contribution in [0.1, 0.15) is 57.1 Å². The Balaban J connectivity index is 1.98. The Morgan fingerprint density at radius 1 is 1.23 bits per heavy atom. The Kier molecular flexibility index (Phi) is 9.54. The van der Waals surface area contributed by atoms with Crippen LogP contribution in [0.3, 0.4) is 0 Å². The summed E-state index contributed by atoms with van der Waals surface area (Å²) in [5.74, 6) is 0.186. The van der Waals surface area contributed by atoms with Crippen molar-refractivity contribution >= 4 is 6.21 Å². The summed E-state index contributed by atoms with van der Waals surface area (Å²) in [6.45, 7) is 8.04. The number of ether oxygens (including phenoxy) is 1. The van der Waals surface area contributed by atoms with Crippen molar-refractivity contribution in [1.29, 1.82) is 0 Å². The highest BCUT2D eigenvalue weighted by atomic mass is 16.5. The quantitative estimate of drug-likeness (QED) is 0.409. The van der Waals surface area contributed by atoms with E-state index in [1.165, 1.54) is 25.5 Å². The number of aromatic amines is 1. The van der Waals surface area contributed by atoms with Crippen molar-refractivity contribution in [2.24, 2.45) is 10.9 Å². The first-order chi connectivity index (χ1) is 14.5. The Labute approximate surface area is 177 Å². The molecule has 0 aliphatic heterocycles. The van der Waals surface area contributed by atoms with Gasteiger partial charge in [0, 0.05) is 26.0 Å². The van der Waals surface area contributed by atoms with Crippen LogP contribution in [0.15, 0.2) is 38.8 Å². The van der Waals surface area contributed by atoms with Crippen LogP contribution in [0, 0.1) is 12.8 Å². The molecule has 0 saturated heterocycles. The minimum Gasteiger partial charge on any atom is -0.493 e. The largest absolute Gasteiger partial charge is 0.493 e. The first-order valence-electron chi connectivity index (χ1n) is 10.7. The molecule has 0 amide bonds. The maximum absolute atomic E-state index is 12.2. The summed E-state index contributed by atoms with van der Waals surface area (Å²) in [5.41, 5.74) is -0.0847. The van der Waals surface area contributed by atoms with E-state index >= 15 is 0 Å². The zero-order valence-corrected chi connectivity index (χ0v) is 18.2. The molecule has 7 heteroatoms. The molecule has 0 spiro atoms. The van der Waals surface area contributed by atoms with Crippen LogP contribution in [0.4, 0.5) is 0 Å². The fraction of sp³-hybridized carbons (Fsp3) is 0.522. The van der Waals surface area contributed by atoms with Crippen LogP contribution in [-0.2, 0) is 4.74 Å². The van der Waals surface area contributed by atoms with Crippen LogP contribution in [0.5, 0.6) is 5.88 Å². The standard InChI is InChI=1S/C23H33N3O4/c1-4-6-11-18(5-2)16-30-14-9-13-24-15-19-21(27)25-23(29)26(22(19)28)20-12-8-7-10-17(20)3/h7-8,10,12,15,18,28H,4-6,9,11,13-14,16H2,1-3H3,(H,25,27,29)/t18-/m0/s1. The summed E-state index contributed by atoms with van der Waals surface area (Å²) >= 11 is 0. The SMILES string of the molecule is CCCC[C@H](CC)COCCCN=Cc1c(O)n(-c2ccccc2C)c(=O)[nH]c1=O. The van der Waals surface area contributed by atoms with E-state index in [9.17, 15) is 14.7 Å². The van der Waals surface area contributed by atoms with E-state index in [1.54, 1.807) is 12.1 Å². The number of nitrogens with zero attached hydrogens (tertiary/aromatic N) is 2. The minimum absolute atomic E-state index is 0.0376. The lowest BCUT2D eigenvalue weighted by molar-refractivity contribution is 0.0933. The number of aromatic hydroxyl groups is 1. The Morgan fingerprint density at radius 2 is 2.00 bits per heavy atom. The molecule has 2 aromatic rings. The molecule has 0 radical (unpaired) electrons. The first kappa shape index (κ1) is 23.6. The molecule has 0 unspecified atom stereocenters. The van der Waals surface area contributed by atoms with Gasteiger partial charge in [-0.3, -0.25) is 14.8 Å². The normalized spacial score (nSPS) is 12.5. The summed E-state index contributed by atoms with van der Waals surface area (Å²) in [6, 6.07) is 7.13. The molecule has 1 atom stereocenters. The fourth-order valence-electron chi connectivity index (χ4n) is 3.25. The van der Waals surface area contributed by atoms with Crippen LogP contribution >= 0.6 is 0 Å². The highest BCUT2D eigenvalue weighted by molar-refractivity contribution is 5.82. The molecule has 1 aromatic heterocycles. The highest BCUT2D eigenvalue weighted by Crippen LogP contribution is 2.18. The third kappa shape index (κ3) is 6.42. The van der Waals surface area contributed by atoms with Crippen molar-refractivity contribution in [2.75, 3.05) is 19.8 Å². The van der Waals surface area contributed by atoms with Crippen LogP contribution in [0.2, 0.25) is 0 Å². The summed E-state index contributed by atoms with van der Waals surface area (Å²) in [6.07, 6.45) is 6.79. The van der Waals surface area contributed by atoms with Gasteiger partial charge in [-0.05, 0) is 37.3 Å². The van der Waals surface area contributed by atoms with E-state index in [1.807, 2.05) is 19.1 Å². The van der Waals surface area contributed by atoms with Crippen LogP contribution in [0.25, 0.3) is 5.69 Å². The molecule has 1 aromatic carbocycles. The van der Waals surface area contributed by atoms with Crippen molar-refractivity contribution in [3.8, 4) is 11.6 Å². The average molecular weight is 416 g/mol. The van der Waals surface area contributed by atoms with Gasteiger partial charge in [0.25, 0.3) is 5.56 Å². The van der Waals surface area contributed by atoms with Gasteiger partial charge in [0.1, 0.15) is 5.56 Å². The number of para-hydroxylation sites is 1. The number of hydrogen-bond acceptors (Lipinski definition) is 5. The molecule has 30 heavy (non-hydrogen) atoms. The van der Waals surface area contributed by atoms with Gasteiger partial charge in [0.2, 0.25) is 5.88 Å². The molecular weight excluding hydrogens is 382 g/mol. The third-order valence-electron chi connectivity index (χ3n) is 5.17. The third-order valence-corrected chi connectivity index (χ3v) is 5.17. The number of nitrogens with one attached hydrogen (secondary N) is 1. The second kappa shape index (κ2) is 12.1. The van der Waals surface area contributed by atoms with Gasteiger partial charge in [-0.15, -0.1) is 0 Å². The molecule has 0 fully saturated rings.